The molecule has 0 radical (unpaired) electrons. The van der Waals surface area contributed by atoms with Crippen molar-refractivity contribution in [3.05, 3.63) is 83.7 Å². The SMILES string of the molecule is COc1ccc(CCN(C)C(=O)c2cc(-c3ccc(C)cc3)cc(-n3cnnn3)c2)cc1OC. The third-order valence-electron chi connectivity index (χ3n) is 5.69. The molecule has 0 fully saturated rings. The lowest BCUT2D eigenvalue weighted by Crippen LogP contribution is -2.29. The van der Waals surface area contributed by atoms with E-state index in [-0.39, 0.29) is 5.91 Å². The summed E-state index contributed by atoms with van der Waals surface area (Å²) in [5, 5.41) is 11.5. The first-order chi connectivity index (χ1) is 16.5. The summed E-state index contributed by atoms with van der Waals surface area (Å²) in [6, 6.07) is 19.7. The van der Waals surface area contributed by atoms with E-state index in [1.54, 1.807) is 30.8 Å². The monoisotopic (exact) mass is 457 g/mol. The summed E-state index contributed by atoms with van der Waals surface area (Å²) in [6.45, 7) is 2.59. The van der Waals surface area contributed by atoms with Crippen molar-refractivity contribution in [1.82, 2.24) is 25.1 Å². The van der Waals surface area contributed by atoms with E-state index in [0.29, 0.717) is 30.0 Å². The Bertz CT molecular complexity index is 1270. The molecule has 0 aliphatic carbocycles. The molecule has 0 saturated carbocycles. The zero-order chi connectivity index (χ0) is 24.1. The summed E-state index contributed by atoms with van der Waals surface area (Å²) >= 11 is 0. The zero-order valence-corrected chi connectivity index (χ0v) is 19.7. The summed E-state index contributed by atoms with van der Waals surface area (Å²) in [6.07, 6.45) is 2.20. The van der Waals surface area contributed by atoms with Crippen molar-refractivity contribution in [2.24, 2.45) is 0 Å². The number of benzene rings is 3. The van der Waals surface area contributed by atoms with E-state index >= 15 is 0 Å². The fourth-order valence-electron chi connectivity index (χ4n) is 3.71. The van der Waals surface area contributed by atoms with Crippen molar-refractivity contribution in [3.8, 4) is 28.3 Å². The summed E-state index contributed by atoms with van der Waals surface area (Å²) in [5.41, 5.74) is 5.46. The molecule has 0 saturated heterocycles. The van der Waals surface area contributed by atoms with Crippen molar-refractivity contribution in [3.63, 3.8) is 0 Å². The van der Waals surface area contributed by atoms with Gasteiger partial charge in [-0.3, -0.25) is 4.79 Å². The van der Waals surface area contributed by atoms with E-state index in [1.807, 2.05) is 55.5 Å². The molecule has 1 heterocycles. The number of rotatable bonds is 8. The Kier molecular flexibility index (Phi) is 6.87. The number of hydrogen-bond donors (Lipinski definition) is 0. The maximum Gasteiger partial charge on any atom is 0.253 e. The number of carbonyl (C=O) groups is 1. The number of likely N-dealkylation sites (N-methyl/N-ethyl adjacent to an activating group) is 1. The number of hydrogen-bond acceptors (Lipinski definition) is 6. The van der Waals surface area contributed by atoms with Crippen LogP contribution in [0, 0.1) is 6.92 Å². The Morgan fingerprint density at radius 2 is 1.71 bits per heavy atom. The molecule has 0 bridgehead atoms. The summed E-state index contributed by atoms with van der Waals surface area (Å²) in [4.78, 5) is 15.1. The van der Waals surface area contributed by atoms with Crippen LogP contribution in [0.25, 0.3) is 16.8 Å². The average molecular weight is 458 g/mol. The lowest BCUT2D eigenvalue weighted by Gasteiger charge is -2.19. The van der Waals surface area contributed by atoms with E-state index in [2.05, 4.69) is 27.7 Å². The van der Waals surface area contributed by atoms with Gasteiger partial charge in [0.2, 0.25) is 0 Å². The van der Waals surface area contributed by atoms with Crippen LogP contribution in [-0.4, -0.2) is 58.8 Å². The van der Waals surface area contributed by atoms with Gasteiger partial charge in [0.05, 0.1) is 19.9 Å². The zero-order valence-electron chi connectivity index (χ0n) is 19.7. The third kappa shape index (κ3) is 5.06. The number of methoxy groups -OCH3 is 2. The largest absolute Gasteiger partial charge is 0.493 e. The van der Waals surface area contributed by atoms with Gasteiger partial charge in [-0.1, -0.05) is 35.9 Å². The second-order valence-electron chi connectivity index (χ2n) is 8.06. The standard InChI is InChI=1S/C26H27N5O3/c1-18-5-8-20(9-6-18)21-14-22(16-23(15-21)31-17-27-28-29-31)26(32)30(2)12-11-19-7-10-24(33-3)25(13-19)34-4/h5-10,13-17H,11-12H2,1-4H3. The van der Waals surface area contributed by atoms with Crippen LogP contribution in [0.3, 0.4) is 0 Å². The van der Waals surface area contributed by atoms with E-state index in [9.17, 15) is 4.79 Å². The first kappa shape index (κ1) is 23.0. The molecule has 0 aliphatic heterocycles. The number of tetrazole rings is 1. The minimum absolute atomic E-state index is 0.0798. The molecule has 8 nitrogen and oxygen atoms in total. The first-order valence-electron chi connectivity index (χ1n) is 10.9. The molecule has 3 aromatic carbocycles. The minimum atomic E-state index is -0.0798. The molecule has 0 atom stereocenters. The molecule has 1 aromatic heterocycles. The second-order valence-corrected chi connectivity index (χ2v) is 8.06. The Morgan fingerprint density at radius 1 is 0.941 bits per heavy atom. The number of nitrogens with zero attached hydrogens (tertiary/aromatic N) is 5. The normalized spacial score (nSPS) is 10.7. The summed E-state index contributed by atoms with van der Waals surface area (Å²) in [7, 11) is 5.03. The van der Waals surface area contributed by atoms with Crippen molar-refractivity contribution < 1.29 is 14.3 Å². The van der Waals surface area contributed by atoms with Gasteiger partial charge < -0.3 is 14.4 Å². The van der Waals surface area contributed by atoms with Crippen molar-refractivity contribution in [1.29, 1.82) is 0 Å². The lowest BCUT2D eigenvalue weighted by molar-refractivity contribution is 0.0796. The second kappa shape index (κ2) is 10.2. The highest BCUT2D eigenvalue weighted by atomic mass is 16.5. The molecule has 0 N–H and O–H groups in total. The average Bonchev–Trinajstić information content (AvgIpc) is 3.42. The van der Waals surface area contributed by atoms with Gasteiger partial charge in [-0.15, -0.1) is 5.10 Å². The highest BCUT2D eigenvalue weighted by Crippen LogP contribution is 2.28. The van der Waals surface area contributed by atoms with Gasteiger partial charge in [0, 0.05) is 19.2 Å². The molecular formula is C26H27N5O3. The molecule has 4 rings (SSSR count). The molecular weight excluding hydrogens is 430 g/mol. The van der Waals surface area contributed by atoms with Gasteiger partial charge in [0.15, 0.2) is 11.5 Å². The van der Waals surface area contributed by atoms with E-state index in [0.717, 1.165) is 22.4 Å². The van der Waals surface area contributed by atoms with Gasteiger partial charge in [0.1, 0.15) is 6.33 Å². The van der Waals surface area contributed by atoms with Crippen LogP contribution in [0.5, 0.6) is 11.5 Å². The predicted molar refractivity (Wildman–Crippen MR) is 130 cm³/mol. The van der Waals surface area contributed by atoms with Crippen LogP contribution in [-0.2, 0) is 6.42 Å². The Morgan fingerprint density at radius 3 is 2.38 bits per heavy atom. The first-order valence-corrected chi connectivity index (χ1v) is 10.9. The number of carbonyl (C=O) groups excluding carboxylic acids is 1. The Balaban J connectivity index is 1.58. The van der Waals surface area contributed by atoms with Crippen molar-refractivity contribution in [2.75, 3.05) is 27.8 Å². The van der Waals surface area contributed by atoms with Crippen LogP contribution in [0.2, 0.25) is 0 Å². The molecule has 8 heteroatoms. The predicted octanol–water partition coefficient (Wildman–Crippen LogP) is 3.97. The highest BCUT2D eigenvalue weighted by Gasteiger charge is 2.16. The maximum absolute atomic E-state index is 13.4. The van der Waals surface area contributed by atoms with Crippen LogP contribution >= 0.6 is 0 Å². The third-order valence-corrected chi connectivity index (χ3v) is 5.69. The van der Waals surface area contributed by atoms with E-state index < -0.39 is 0 Å². The fourth-order valence-corrected chi connectivity index (χ4v) is 3.71. The fraction of sp³-hybridized carbons (Fsp3) is 0.231. The summed E-state index contributed by atoms with van der Waals surface area (Å²) < 4.78 is 12.2. The Labute approximate surface area is 198 Å². The van der Waals surface area contributed by atoms with Gasteiger partial charge in [0.25, 0.3) is 5.91 Å². The topological polar surface area (TPSA) is 82.4 Å². The number of amides is 1. The molecule has 0 aliphatic rings. The Hall–Kier alpha value is -4.20. The van der Waals surface area contributed by atoms with Crippen LogP contribution in [0.1, 0.15) is 21.5 Å². The molecule has 4 aromatic rings. The summed E-state index contributed by atoms with van der Waals surface area (Å²) in [5.74, 6) is 1.27. The maximum atomic E-state index is 13.4. The highest BCUT2D eigenvalue weighted by molar-refractivity contribution is 5.96. The minimum Gasteiger partial charge on any atom is -0.493 e. The van der Waals surface area contributed by atoms with Crippen LogP contribution in [0.4, 0.5) is 0 Å². The number of aromatic nitrogens is 4. The molecule has 0 spiro atoms. The number of aryl methyl sites for hydroxylation is 1. The quantitative estimate of drug-likeness (QED) is 0.398. The van der Waals surface area contributed by atoms with Gasteiger partial charge in [-0.25, -0.2) is 4.68 Å². The van der Waals surface area contributed by atoms with Gasteiger partial charge >= 0.3 is 0 Å². The van der Waals surface area contributed by atoms with Gasteiger partial charge in [-0.2, -0.15) is 0 Å². The lowest BCUT2D eigenvalue weighted by atomic mass is 10.0. The van der Waals surface area contributed by atoms with Crippen molar-refractivity contribution in [2.45, 2.75) is 13.3 Å². The van der Waals surface area contributed by atoms with Crippen LogP contribution < -0.4 is 9.47 Å². The van der Waals surface area contributed by atoms with E-state index in [4.69, 9.17) is 9.47 Å². The molecule has 174 valence electrons. The molecule has 0 unspecified atom stereocenters. The van der Waals surface area contributed by atoms with Crippen LogP contribution in [0.15, 0.2) is 67.0 Å². The van der Waals surface area contributed by atoms with E-state index in [1.165, 1.54) is 11.9 Å². The molecule has 34 heavy (non-hydrogen) atoms. The van der Waals surface area contributed by atoms with Gasteiger partial charge in [-0.05, 0) is 70.8 Å². The van der Waals surface area contributed by atoms with Crippen molar-refractivity contribution >= 4 is 5.91 Å². The molecule has 1 amide bonds. The smallest absolute Gasteiger partial charge is 0.253 e. The number of ether oxygens (including phenoxy) is 2.